The average molecular weight is 349 g/mol. The van der Waals surface area contributed by atoms with Crippen molar-refractivity contribution in [2.75, 3.05) is 20.8 Å². The summed E-state index contributed by atoms with van der Waals surface area (Å²) in [5, 5.41) is 0. The Morgan fingerprint density at radius 1 is 1.05 bits per heavy atom. The van der Waals surface area contributed by atoms with Crippen molar-refractivity contribution in [1.82, 2.24) is 0 Å². The lowest BCUT2D eigenvalue weighted by Crippen LogP contribution is -2.45. The van der Waals surface area contributed by atoms with Crippen LogP contribution in [0, 0.1) is 0 Å². The molecule has 0 saturated carbocycles. The van der Waals surface area contributed by atoms with Crippen molar-refractivity contribution in [2.24, 2.45) is 0 Å². The van der Waals surface area contributed by atoms with Crippen LogP contribution >= 0.6 is 0 Å². The molecule has 1 aliphatic rings. The normalized spacial score (nSPS) is 20.9. The van der Waals surface area contributed by atoms with Gasteiger partial charge in [0.2, 0.25) is 5.76 Å². The third kappa shape index (κ3) is 5.42. The van der Waals surface area contributed by atoms with Gasteiger partial charge in [-0.25, -0.2) is 4.79 Å². The molecule has 1 heterocycles. The summed E-state index contributed by atoms with van der Waals surface area (Å²) in [5.41, 5.74) is 0. The molecule has 22 heavy (non-hydrogen) atoms. The van der Waals surface area contributed by atoms with E-state index < -0.39 is 34.8 Å². The first kappa shape index (κ1) is 19.2. The SMILES string of the molecule is COC1=C(OC)[C@@H]([C@@H](CO[Si](C)(C)C)O[Si](C)(C)C)OC1=O. The van der Waals surface area contributed by atoms with Crippen LogP contribution in [0.15, 0.2) is 11.5 Å². The molecule has 0 N–H and O–H groups in total. The zero-order chi connectivity index (χ0) is 17.1. The Hall–Kier alpha value is -0.836. The number of rotatable bonds is 8. The lowest BCUT2D eigenvalue weighted by Gasteiger charge is -2.32. The van der Waals surface area contributed by atoms with Crippen LogP contribution in [-0.4, -0.2) is 55.6 Å². The van der Waals surface area contributed by atoms with Crippen LogP contribution in [0.5, 0.6) is 0 Å². The lowest BCUT2D eigenvalue weighted by molar-refractivity contribution is -0.147. The highest BCUT2D eigenvalue weighted by molar-refractivity contribution is 6.70. The van der Waals surface area contributed by atoms with E-state index >= 15 is 0 Å². The Morgan fingerprint density at radius 3 is 2.05 bits per heavy atom. The second-order valence-corrected chi connectivity index (χ2v) is 16.1. The quantitative estimate of drug-likeness (QED) is 0.496. The van der Waals surface area contributed by atoms with Gasteiger partial charge >= 0.3 is 5.97 Å². The molecule has 0 aromatic carbocycles. The van der Waals surface area contributed by atoms with E-state index in [0.717, 1.165) is 0 Å². The Morgan fingerprint density at radius 2 is 1.64 bits per heavy atom. The van der Waals surface area contributed by atoms with E-state index in [1.807, 2.05) is 0 Å². The van der Waals surface area contributed by atoms with Crippen LogP contribution in [0.25, 0.3) is 0 Å². The molecule has 0 amide bonds. The molecule has 0 aromatic heterocycles. The van der Waals surface area contributed by atoms with Gasteiger partial charge in [-0.3, -0.25) is 0 Å². The van der Waals surface area contributed by atoms with Crippen LogP contribution in [0.2, 0.25) is 39.3 Å². The molecule has 0 bridgehead atoms. The predicted molar refractivity (Wildman–Crippen MR) is 88.4 cm³/mol. The molecule has 0 fully saturated rings. The number of esters is 1. The molecule has 0 saturated heterocycles. The lowest BCUT2D eigenvalue weighted by atomic mass is 10.2. The zero-order valence-electron chi connectivity index (χ0n) is 14.8. The van der Waals surface area contributed by atoms with Crippen molar-refractivity contribution >= 4 is 22.6 Å². The Bertz CT molecular complexity index is 436. The number of methoxy groups -OCH3 is 2. The molecule has 0 unspecified atom stereocenters. The van der Waals surface area contributed by atoms with Gasteiger partial charge in [0.25, 0.3) is 0 Å². The van der Waals surface area contributed by atoms with E-state index in [9.17, 15) is 4.79 Å². The molecular formula is C14H28O6Si2. The number of hydrogen-bond acceptors (Lipinski definition) is 6. The van der Waals surface area contributed by atoms with E-state index in [1.54, 1.807) is 0 Å². The number of carbonyl (C=O) groups is 1. The van der Waals surface area contributed by atoms with E-state index in [4.69, 9.17) is 23.1 Å². The fourth-order valence-corrected chi connectivity index (χ4v) is 3.82. The van der Waals surface area contributed by atoms with Crippen LogP contribution in [0.3, 0.4) is 0 Å². The van der Waals surface area contributed by atoms with Gasteiger partial charge in [0.05, 0.1) is 20.8 Å². The number of hydrogen-bond donors (Lipinski definition) is 0. The fourth-order valence-electron chi connectivity index (χ4n) is 2.06. The molecule has 0 aromatic rings. The highest BCUT2D eigenvalue weighted by Gasteiger charge is 2.44. The molecule has 8 heteroatoms. The first-order chi connectivity index (χ1) is 9.98. The maximum Gasteiger partial charge on any atom is 0.378 e. The number of ether oxygens (including phenoxy) is 3. The first-order valence-electron chi connectivity index (χ1n) is 7.33. The molecule has 6 nitrogen and oxygen atoms in total. The summed E-state index contributed by atoms with van der Waals surface area (Å²) in [4.78, 5) is 11.9. The van der Waals surface area contributed by atoms with Crippen LogP contribution in [-0.2, 0) is 27.9 Å². The Labute approximate surface area is 135 Å². The van der Waals surface area contributed by atoms with Crippen molar-refractivity contribution in [1.29, 1.82) is 0 Å². The fraction of sp³-hybridized carbons (Fsp3) is 0.786. The van der Waals surface area contributed by atoms with Gasteiger partial charge < -0.3 is 23.1 Å². The second kappa shape index (κ2) is 7.16. The molecule has 2 atom stereocenters. The molecule has 128 valence electrons. The molecule has 1 aliphatic heterocycles. The van der Waals surface area contributed by atoms with Crippen molar-refractivity contribution < 1.29 is 27.9 Å². The maximum absolute atomic E-state index is 11.9. The number of cyclic esters (lactones) is 1. The molecule has 0 spiro atoms. The summed E-state index contributed by atoms with van der Waals surface area (Å²) >= 11 is 0. The minimum absolute atomic E-state index is 0.102. The minimum Gasteiger partial charge on any atom is -0.493 e. The number of carbonyl (C=O) groups excluding carboxylic acids is 1. The Balaban J connectivity index is 3.00. The van der Waals surface area contributed by atoms with Crippen molar-refractivity contribution in [3.05, 3.63) is 11.5 Å². The van der Waals surface area contributed by atoms with Gasteiger partial charge in [0.15, 0.2) is 28.5 Å². The third-order valence-corrected chi connectivity index (χ3v) is 4.89. The van der Waals surface area contributed by atoms with Crippen molar-refractivity contribution in [3.8, 4) is 0 Å². The van der Waals surface area contributed by atoms with Crippen LogP contribution < -0.4 is 0 Å². The second-order valence-electron chi connectivity index (χ2n) is 7.12. The molecule has 0 radical (unpaired) electrons. The van der Waals surface area contributed by atoms with E-state index in [2.05, 4.69) is 39.3 Å². The van der Waals surface area contributed by atoms with Gasteiger partial charge in [0.1, 0.15) is 6.10 Å². The summed E-state index contributed by atoms with van der Waals surface area (Å²) < 4.78 is 28.0. The van der Waals surface area contributed by atoms with Gasteiger partial charge in [-0.1, -0.05) is 0 Å². The monoisotopic (exact) mass is 348 g/mol. The van der Waals surface area contributed by atoms with Gasteiger partial charge in [0, 0.05) is 0 Å². The average Bonchev–Trinajstić information content (AvgIpc) is 2.68. The van der Waals surface area contributed by atoms with Gasteiger partial charge in [-0.2, -0.15) is 0 Å². The Kier molecular flexibility index (Phi) is 6.25. The molecule has 1 rings (SSSR count). The van der Waals surface area contributed by atoms with Gasteiger partial charge in [-0.15, -0.1) is 0 Å². The van der Waals surface area contributed by atoms with Gasteiger partial charge in [-0.05, 0) is 39.3 Å². The third-order valence-electron chi connectivity index (χ3n) is 2.85. The topological polar surface area (TPSA) is 63.2 Å². The predicted octanol–water partition coefficient (Wildman–Crippen LogP) is 2.49. The smallest absolute Gasteiger partial charge is 0.378 e. The summed E-state index contributed by atoms with van der Waals surface area (Å²) in [7, 11) is -0.654. The van der Waals surface area contributed by atoms with Crippen LogP contribution in [0.4, 0.5) is 0 Å². The zero-order valence-corrected chi connectivity index (χ0v) is 16.8. The van der Waals surface area contributed by atoms with Crippen LogP contribution in [0.1, 0.15) is 0 Å². The highest BCUT2D eigenvalue weighted by atomic mass is 28.4. The summed E-state index contributed by atoms with van der Waals surface area (Å²) in [6.45, 7) is 12.9. The standard InChI is InChI=1S/C14H28O6Si2/c1-16-12-11(19-14(15)13(12)17-2)10(20-22(6,7)8)9-18-21(3,4)5/h10-11H,9H2,1-8H3/t10-,11-/m1/s1. The van der Waals surface area contributed by atoms with Crippen molar-refractivity contribution in [3.63, 3.8) is 0 Å². The first-order valence-corrected chi connectivity index (χ1v) is 14.1. The summed E-state index contributed by atoms with van der Waals surface area (Å²) in [5.74, 6) is -0.0545. The summed E-state index contributed by atoms with van der Waals surface area (Å²) in [6.07, 6.45) is -1.03. The minimum atomic E-state index is -1.86. The summed E-state index contributed by atoms with van der Waals surface area (Å²) in [6, 6.07) is 0. The maximum atomic E-state index is 11.9. The van der Waals surface area contributed by atoms with E-state index in [-0.39, 0.29) is 5.76 Å². The molecular weight excluding hydrogens is 320 g/mol. The van der Waals surface area contributed by atoms with E-state index in [0.29, 0.717) is 12.4 Å². The van der Waals surface area contributed by atoms with Crippen molar-refractivity contribution in [2.45, 2.75) is 51.5 Å². The highest BCUT2D eigenvalue weighted by Crippen LogP contribution is 2.29. The van der Waals surface area contributed by atoms with E-state index in [1.165, 1.54) is 14.2 Å². The molecule has 0 aliphatic carbocycles. The largest absolute Gasteiger partial charge is 0.493 e.